The molecule has 0 aromatic carbocycles. The molecule has 0 amide bonds. The predicted octanol–water partition coefficient (Wildman–Crippen LogP) is 3.77. The summed E-state index contributed by atoms with van der Waals surface area (Å²) in [5, 5.41) is 3.65. The minimum Gasteiger partial charge on any atom is -0.452 e. The molecule has 2 aliphatic rings. The van der Waals surface area contributed by atoms with Crippen LogP contribution in [0, 0.1) is 5.92 Å². The Balaban J connectivity index is 1.49. The van der Waals surface area contributed by atoms with Crippen LogP contribution in [-0.4, -0.2) is 30.6 Å². The van der Waals surface area contributed by atoms with Gasteiger partial charge in [-0.25, -0.2) is 0 Å². The van der Waals surface area contributed by atoms with E-state index in [-0.39, 0.29) is 0 Å². The van der Waals surface area contributed by atoms with Gasteiger partial charge < -0.3 is 9.73 Å². The van der Waals surface area contributed by atoms with Crippen LogP contribution < -0.4 is 5.32 Å². The van der Waals surface area contributed by atoms with Crippen molar-refractivity contribution in [3.8, 4) is 0 Å². The van der Waals surface area contributed by atoms with E-state index < -0.39 is 0 Å². The van der Waals surface area contributed by atoms with Crippen LogP contribution in [0.5, 0.6) is 0 Å². The highest BCUT2D eigenvalue weighted by Gasteiger charge is 2.28. The van der Waals surface area contributed by atoms with Gasteiger partial charge in [-0.1, -0.05) is 0 Å². The van der Waals surface area contributed by atoms with E-state index in [2.05, 4.69) is 48.1 Å². The second-order valence-electron chi connectivity index (χ2n) is 5.65. The van der Waals surface area contributed by atoms with Crippen molar-refractivity contribution in [1.29, 1.82) is 0 Å². The molecule has 1 atom stereocenters. The minimum atomic E-state index is 0.786. The van der Waals surface area contributed by atoms with Gasteiger partial charge in [0.05, 0.1) is 11.0 Å². The van der Waals surface area contributed by atoms with Crippen LogP contribution in [0.25, 0.3) is 0 Å². The minimum absolute atomic E-state index is 0.786. The van der Waals surface area contributed by atoms with E-state index in [9.17, 15) is 0 Å². The Labute approximate surface area is 131 Å². The predicted molar refractivity (Wildman–Crippen MR) is 83.1 cm³/mol. The summed E-state index contributed by atoms with van der Waals surface area (Å²) in [4.78, 5) is 2.50. The van der Waals surface area contributed by atoms with Crippen LogP contribution in [0.15, 0.2) is 19.6 Å². The summed E-state index contributed by atoms with van der Waals surface area (Å²) in [5.74, 6) is 1.92. The Morgan fingerprint density at radius 1 is 1.26 bits per heavy atom. The van der Waals surface area contributed by atoms with Crippen molar-refractivity contribution in [2.24, 2.45) is 5.92 Å². The third kappa shape index (κ3) is 3.43. The molecule has 0 spiro atoms. The number of piperidine rings is 1. The van der Waals surface area contributed by atoms with Gasteiger partial charge in [-0.2, -0.15) is 0 Å². The van der Waals surface area contributed by atoms with E-state index in [1.807, 2.05) is 0 Å². The topological polar surface area (TPSA) is 28.4 Å². The molecule has 2 aliphatic heterocycles. The monoisotopic (exact) mass is 390 g/mol. The van der Waals surface area contributed by atoms with Gasteiger partial charge in [0.15, 0.2) is 4.67 Å². The molecular formula is C14H20Br2N2O. The third-order valence-corrected chi connectivity index (χ3v) is 6.09. The summed E-state index contributed by atoms with van der Waals surface area (Å²) in [6.07, 6.45) is 5.38. The molecule has 1 aromatic heterocycles. The van der Waals surface area contributed by atoms with Gasteiger partial charge >= 0.3 is 0 Å². The van der Waals surface area contributed by atoms with Crippen LogP contribution in [-0.2, 0) is 6.54 Å². The standard InChI is InChI=1S/C14H20Br2N2O/c15-12-8-11(19-14(12)16)9-18-6-3-10(4-7-18)13-2-1-5-17-13/h8,10,13,17H,1-7,9H2. The second kappa shape index (κ2) is 6.29. The maximum absolute atomic E-state index is 5.66. The summed E-state index contributed by atoms with van der Waals surface area (Å²) >= 11 is 6.86. The first-order chi connectivity index (χ1) is 9.22. The average Bonchev–Trinajstić information content (AvgIpc) is 3.02. The molecule has 1 N–H and O–H groups in total. The smallest absolute Gasteiger partial charge is 0.183 e. The molecule has 0 bridgehead atoms. The molecule has 106 valence electrons. The Hall–Kier alpha value is 0.160. The Morgan fingerprint density at radius 2 is 2.05 bits per heavy atom. The van der Waals surface area contributed by atoms with Crippen molar-refractivity contribution in [2.75, 3.05) is 19.6 Å². The number of halogens is 2. The number of rotatable bonds is 3. The van der Waals surface area contributed by atoms with Gasteiger partial charge in [0.25, 0.3) is 0 Å². The molecule has 5 heteroatoms. The maximum atomic E-state index is 5.66. The lowest BCUT2D eigenvalue weighted by Gasteiger charge is -2.34. The van der Waals surface area contributed by atoms with Gasteiger partial charge in [0.2, 0.25) is 0 Å². The lowest BCUT2D eigenvalue weighted by atomic mass is 9.88. The van der Waals surface area contributed by atoms with Gasteiger partial charge in [-0.05, 0) is 89.2 Å². The molecule has 3 rings (SSSR count). The number of hydrogen-bond acceptors (Lipinski definition) is 3. The van der Waals surface area contributed by atoms with E-state index in [1.165, 1.54) is 45.3 Å². The fourth-order valence-electron chi connectivity index (χ4n) is 3.32. The molecule has 3 heterocycles. The molecule has 1 aromatic rings. The zero-order chi connectivity index (χ0) is 13.2. The van der Waals surface area contributed by atoms with Crippen LogP contribution in [0.2, 0.25) is 0 Å². The zero-order valence-corrected chi connectivity index (χ0v) is 14.2. The summed E-state index contributed by atoms with van der Waals surface area (Å²) in [6, 6.07) is 2.85. The maximum Gasteiger partial charge on any atom is 0.183 e. The molecule has 0 radical (unpaired) electrons. The van der Waals surface area contributed by atoms with Gasteiger partial charge in [-0.15, -0.1) is 0 Å². The first kappa shape index (κ1) is 14.1. The van der Waals surface area contributed by atoms with E-state index in [1.54, 1.807) is 0 Å². The molecule has 19 heavy (non-hydrogen) atoms. The molecule has 0 aliphatic carbocycles. The number of likely N-dealkylation sites (tertiary alicyclic amines) is 1. The molecular weight excluding hydrogens is 372 g/mol. The second-order valence-corrected chi connectivity index (χ2v) is 7.23. The fraction of sp³-hybridized carbons (Fsp3) is 0.714. The van der Waals surface area contributed by atoms with E-state index in [4.69, 9.17) is 4.42 Å². The van der Waals surface area contributed by atoms with Crippen LogP contribution in [0.1, 0.15) is 31.4 Å². The fourth-order valence-corrected chi connectivity index (χ4v) is 3.98. The lowest BCUT2D eigenvalue weighted by molar-refractivity contribution is 0.148. The number of hydrogen-bond donors (Lipinski definition) is 1. The number of furan rings is 1. The lowest BCUT2D eigenvalue weighted by Crippen LogP contribution is -2.40. The average molecular weight is 392 g/mol. The van der Waals surface area contributed by atoms with Crippen LogP contribution >= 0.6 is 31.9 Å². The molecule has 0 saturated carbocycles. The Morgan fingerprint density at radius 3 is 2.63 bits per heavy atom. The normalized spacial score (nSPS) is 26.1. The largest absolute Gasteiger partial charge is 0.452 e. The highest BCUT2D eigenvalue weighted by Crippen LogP contribution is 2.29. The number of nitrogens with one attached hydrogen (secondary N) is 1. The first-order valence-corrected chi connectivity index (χ1v) is 8.70. The highest BCUT2D eigenvalue weighted by molar-refractivity contribution is 9.13. The SMILES string of the molecule is Brc1cc(CN2CCC(C3CCCN3)CC2)oc1Br. The van der Waals surface area contributed by atoms with Crippen molar-refractivity contribution >= 4 is 31.9 Å². The zero-order valence-electron chi connectivity index (χ0n) is 11.0. The summed E-state index contributed by atoms with van der Waals surface area (Å²) in [7, 11) is 0. The Kier molecular flexibility index (Phi) is 4.67. The molecule has 2 fully saturated rings. The van der Waals surface area contributed by atoms with Gasteiger partial charge in [-0.3, -0.25) is 4.90 Å². The molecule has 3 nitrogen and oxygen atoms in total. The van der Waals surface area contributed by atoms with E-state index in [0.29, 0.717) is 0 Å². The first-order valence-electron chi connectivity index (χ1n) is 7.12. The van der Waals surface area contributed by atoms with Crippen LogP contribution in [0.4, 0.5) is 0 Å². The van der Waals surface area contributed by atoms with Crippen molar-refractivity contribution in [2.45, 2.75) is 38.3 Å². The van der Waals surface area contributed by atoms with Crippen molar-refractivity contribution in [3.63, 3.8) is 0 Å². The highest BCUT2D eigenvalue weighted by atomic mass is 79.9. The summed E-state index contributed by atoms with van der Waals surface area (Å²) in [5.41, 5.74) is 0. The molecule has 2 saturated heterocycles. The molecule has 1 unspecified atom stereocenters. The third-order valence-electron chi connectivity index (χ3n) is 4.38. The van der Waals surface area contributed by atoms with E-state index in [0.717, 1.165) is 33.4 Å². The quantitative estimate of drug-likeness (QED) is 0.849. The van der Waals surface area contributed by atoms with Crippen molar-refractivity contribution in [3.05, 3.63) is 21.0 Å². The van der Waals surface area contributed by atoms with E-state index >= 15 is 0 Å². The summed E-state index contributed by atoms with van der Waals surface area (Å²) in [6.45, 7) is 4.53. The van der Waals surface area contributed by atoms with Crippen molar-refractivity contribution in [1.82, 2.24) is 10.2 Å². The van der Waals surface area contributed by atoms with Crippen molar-refractivity contribution < 1.29 is 4.42 Å². The van der Waals surface area contributed by atoms with Gasteiger partial charge in [0, 0.05) is 6.04 Å². The Bertz CT molecular complexity index is 402. The number of nitrogens with zero attached hydrogens (tertiary/aromatic N) is 1. The summed E-state index contributed by atoms with van der Waals surface area (Å²) < 4.78 is 7.47. The van der Waals surface area contributed by atoms with Crippen LogP contribution in [0.3, 0.4) is 0 Å². The van der Waals surface area contributed by atoms with Gasteiger partial charge in [0.1, 0.15) is 5.76 Å².